The number of aliphatic imine (C=N–C) groups is 1. The van der Waals surface area contributed by atoms with Crippen molar-refractivity contribution in [3.8, 4) is 16.8 Å². The van der Waals surface area contributed by atoms with Gasteiger partial charge in [-0.1, -0.05) is 48.5 Å². The number of piperidine rings is 1. The number of hydrogen-bond acceptors (Lipinski definition) is 6. The van der Waals surface area contributed by atoms with E-state index in [0.717, 1.165) is 60.4 Å². The second kappa shape index (κ2) is 10.6. The van der Waals surface area contributed by atoms with Crippen molar-refractivity contribution < 1.29 is 14.3 Å². The third kappa shape index (κ3) is 4.94. The first kappa shape index (κ1) is 25.3. The topological polar surface area (TPSA) is 96.7 Å². The van der Waals surface area contributed by atoms with E-state index in [9.17, 15) is 9.90 Å². The number of imidazole rings is 1. The standard InChI is InChI=1S/C31H30FN5O2/c32-27-15-21(25-7-2-1-5-22(25)18-36-12-10-24(38)11-13-36)8-9-26(27)29-31(39)30-28(17-34-29)35-19-37(30)23-6-3-4-20(14-23)16-33/h1-9,14-15,17,19,24,29,38H,10-13,16,18,33H2. The van der Waals surface area contributed by atoms with Gasteiger partial charge < -0.3 is 10.8 Å². The molecule has 3 aromatic carbocycles. The van der Waals surface area contributed by atoms with E-state index in [1.54, 1.807) is 23.2 Å². The molecule has 0 aliphatic carbocycles. The van der Waals surface area contributed by atoms with Crippen molar-refractivity contribution in [3.63, 3.8) is 0 Å². The van der Waals surface area contributed by atoms with Crippen LogP contribution in [-0.4, -0.2) is 50.7 Å². The number of ketones is 1. The number of halogens is 1. The number of fused-ring (bicyclic) bond motifs is 1. The minimum atomic E-state index is -0.991. The molecule has 2 aliphatic rings. The molecule has 0 spiro atoms. The summed E-state index contributed by atoms with van der Waals surface area (Å²) in [6.07, 6.45) is 4.43. The van der Waals surface area contributed by atoms with E-state index in [2.05, 4.69) is 20.9 Å². The lowest BCUT2D eigenvalue weighted by atomic mass is 9.93. The molecule has 1 unspecified atom stereocenters. The highest BCUT2D eigenvalue weighted by atomic mass is 19.1. The van der Waals surface area contributed by atoms with Crippen LogP contribution in [-0.2, 0) is 13.1 Å². The van der Waals surface area contributed by atoms with Gasteiger partial charge in [-0.05, 0) is 53.3 Å². The fourth-order valence-electron chi connectivity index (χ4n) is 5.47. The first-order chi connectivity index (χ1) is 19.0. The van der Waals surface area contributed by atoms with Crippen LogP contribution in [0.2, 0.25) is 0 Å². The van der Waals surface area contributed by atoms with E-state index in [1.807, 2.05) is 48.5 Å². The van der Waals surface area contributed by atoms with Crippen molar-refractivity contribution in [3.05, 3.63) is 107 Å². The van der Waals surface area contributed by atoms with Crippen molar-refractivity contribution in [2.75, 3.05) is 13.1 Å². The van der Waals surface area contributed by atoms with Crippen LogP contribution in [0.1, 0.15) is 51.8 Å². The number of aliphatic hydroxyl groups excluding tert-OH is 1. The van der Waals surface area contributed by atoms with Gasteiger partial charge >= 0.3 is 0 Å². The predicted molar refractivity (Wildman–Crippen MR) is 148 cm³/mol. The number of carbonyl (C=O) groups is 1. The highest BCUT2D eigenvalue weighted by Gasteiger charge is 2.32. The van der Waals surface area contributed by atoms with Gasteiger partial charge in [0.15, 0.2) is 0 Å². The third-order valence-corrected chi connectivity index (χ3v) is 7.62. The third-order valence-electron chi connectivity index (χ3n) is 7.62. The zero-order valence-corrected chi connectivity index (χ0v) is 21.5. The fourth-order valence-corrected chi connectivity index (χ4v) is 5.47. The zero-order valence-electron chi connectivity index (χ0n) is 21.5. The van der Waals surface area contributed by atoms with Crippen molar-refractivity contribution in [2.24, 2.45) is 10.7 Å². The summed E-state index contributed by atoms with van der Waals surface area (Å²) < 4.78 is 17.4. The summed E-state index contributed by atoms with van der Waals surface area (Å²) in [4.78, 5) is 24.7. The molecular formula is C31H30FN5O2. The molecule has 198 valence electrons. The van der Waals surface area contributed by atoms with Crippen LogP contribution in [0.25, 0.3) is 16.8 Å². The summed E-state index contributed by atoms with van der Waals surface area (Å²) in [5, 5.41) is 9.83. The van der Waals surface area contributed by atoms with Crippen LogP contribution in [0.4, 0.5) is 4.39 Å². The summed E-state index contributed by atoms with van der Waals surface area (Å²) in [5.41, 5.74) is 11.4. The molecule has 1 fully saturated rings. The van der Waals surface area contributed by atoms with E-state index < -0.39 is 11.9 Å². The molecule has 4 aromatic rings. The summed E-state index contributed by atoms with van der Waals surface area (Å²) in [6.45, 7) is 2.78. The molecule has 1 aromatic heterocycles. The first-order valence-electron chi connectivity index (χ1n) is 13.2. The van der Waals surface area contributed by atoms with E-state index in [0.29, 0.717) is 17.9 Å². The Labute approximate surface area is 226 Å². The molecule has 6 rings (SSSR count). The molecule has 0 radical (unpaired) electrons. The number of benzene rings is 3. The van der Waals surface area contributed by atoms with Crippen molar-refractivity contribution in [2.45, 2.75) is 38.1 Å². The Morgan fingerprint density at radius 1 is 1.03 bits per heavy atom. The average molecular weight is 524 g/mol. The van der Waals surface area contributed by atoms with Gasteiger partial charge in [0.1, 0.15) is 29.6 Å². The van der Waals surface area contributed by atoms with Crippen LogP contribution in [0.15, 0.2) is 78.0 Å². The van der Waals surface area contributed by atoms with Crippen molar-refractivity contribution in [1.82, 2.24) is 14.5 Å². The maximum Gasteiger partial charge on any atom is 0.210 e. The lowest BCUT2D eigenvalue weighted by Gasteiger charge is -2.30. The van der Waals surface area contributed by atoms with E-state index in [-0.39, 0.29) is 17.5 Å². The highest BCUT2D eigenvalue weighted by Crippen LogP contribution is 2.33. The van der Waals surface area contributed by atoms with Gasteiger partial charge in [-0.2, -0.15) is 0 Å². The van der Waals surface area contributed by atoms with Crippen LogP contribution >= 0.6 is 0 Å². The number of nitrogens with zero attached hydrogens (tertiary/aromatic N) is 4. The molecule has 3 N–H and O–H groups in total. The second-order valence-electron chi connectivity index (χ2n) is 10.2. The molecule has 0 saturated carbocycles. The average Bonchev–Trinajstić information content (AvgIpc) is 3.40. The Bertz CT molecular complexity index is 1550. The monoisotopic (exact) mass is 523 g/mol. The number of likely N-dealkylation sites (tertiary alicyclic amines) is 1. The molecule has 0 amide bonds. The first-order valence-corrected chi connectivity index (χ1v) is 13.2. The molecule has 1 saturated heterocycles. The number of aromatic nitrogens is 2. The Kier molecular flexibility index (Phi) is 6.91. The normalized spacial score (nSPS) is 17.9. The molecule has 1 atom stereocenters. The quantitative estimate of drug-likeness (QED) is 0.389. The van der Waals surface area contributed by atoms with Gasteiger partial charge in [-0.3, -0.25) is 19.3 Å². The number of Topliss-reactive ketones (excluding diaryl/α,β-unsaturated/α-hetero) is 1. The van der Waals surface area contributed by atoms with Crippen LogP contribution < -0.4 is 5.73 Å². The minimum Gasteiger partial charge on any atom is -0.393 e. The molecule has 0 bridgehead atoms. The molecule has 8 heteroatoms. The molecule has 2 aliphatic heterocycles. The molecule has 7 nitrogen and oxygen atoms in total. The van der Waals surface area contributed by atoms with Gasteiger partial charge in [0.2, 0.25) is 5.78 Å². The van der Waals surface area contributed by atoms with E-state index in [1.165, 1.54) is 6.07 Å². The summed E-state index contributed by atoms with van der Waals surface area (Å²) >= 11 is 0. The molecule has 39 heavy (non-hydrogen) atoms. The number of aliphatic hydroxyl groups is 1. The van der Waals surface area contributed by atoms with E-state index in [4.69, 9.17) is 5.73 Å². The minimum absolute atomic E-state index is 0.228. The van der Waals surface area contributed by atoms with Crippen molar-refractivity contribution in [1.29, 1.82) is 0 Å². The zero-order chi connectivity index (χ0) is 26.9. The van der Waals surface area contributed by atoms with Crippen molar-refractivity contribution >= 4 is 12.0 Å². The molecule has 3 heterocycles. The smallest absolute Gasteiger partial charge is 0.210 e. The Balaban J connectivity index is 1.28. The number of nitrogens with two attached hydrogens (primary N) is 1. The fraction of sp³-hybridized carbons (Fsp3) is 0.258. The second-order valence-corrected chi connectivity index (χ2v) is 10.2. The van der Waals surface area contributed by atoms with Crippen LogP contribution in [0, 0.1) is 5.82 Å². The Morgan fingerprint density at radius 3 is 2.64 bits per heavy atom. The van der Waals surface area contributed by atoms with E-state index >= 15 is 4.39 Å². The SMILES string of the molecule is NCc1cccc(-n2cnc3c2C(=O)C(c2ccc(-c4ccccc4CN4CCC(O)CC4)cc2F)N=C3)c1. The number of carbonyl (C=O) groups excluding carboxylic acids is 1. The highest BCUT2D eigenvalue weighted by molar-refractivity contribution is 6.08. The largest absolute Gasteiger partial charge is 0.393 e. The summed E-state index contributed by atoms with van der Waals surface area (Å²) in [6, 6.07) is 19.6. The van der Waals surface area contributed by atoms with Gasteiger partial charge in [-0.25, -0.2) is 9.37 Å². The van der Waals surface area contributed by atoms with Crippen LogP contribution in [0.3, 0.4) is 0 Å². The summed E-state index contributed by atoms with van der Waals surface area (Å²) in [7, 11) is 0. The van der Waals surface area contributed by atoms with Crippen LogP contribution in [0.5, 0.6) is 0 Å². The maximum absolute atomic E-state index is 15.7. The maximum atomic E-state index is 15.7. The van der Waals surface area contributed by atoms with Gasteiger partial charge in [0.25, 0.3) is 0 Å². The van der Waals surface area contributed by atoms with Gasteiger partial charge in [0.05, 0.1) is 12.3 Å². The van der Waals surface area contributed by atoms with Gasteiger partial charge in [-0.15, -0.1) is 0 Å². The molecular weight excluding hydrogens is 493 g/mol. The lowest BCUT2D eigenvalue weighted by molar-refractivity contribution is 0.0793. The lowest BCUT2D eigenvalue weighted by Crippen LogP contribution is -2.35. The van der Waals surface area contributed by atoms with Gasteiger partial charge in [0, 0.05) is 37.4 Å². The summed E-state index contributed by atoms with van der Waals surface area (Å²) in [5.74, 6) is -0.777. The number of hydrogen-bond donors (Lipinski definition) is 2. The predicted octanol–water partition coefficient (Wildman–Crippen LogP) is 4.45. The number of rotatable bonds is 6. The Hall–Kier alpha value is -3.98. The Morgan fingerprint density at radius 2 is 1.85 bits per heavy atom.